The van der Waals surface area contributed by atoms with Gasteiger partial charge in [-0.2, -0.15) is 0 Å². The van der Waals surface area contributed by atoms with Gasteiger partial charge in [0.25, 0.3) is 17.7 Å². The number of ether oxygens (including phenoxy) is 1. The van der Waals surface area contributed by atoms with Crippen LogP contribution in [0.15, 0.2) is 55.1 Å². The van der Waals surface area contributed by atoms with E-state index in [1.807, 2.05) is 0 Å². The highest BCUT2D eigenvalue weighted by Crippen LogP contribution is 2.36. The molecule has 31 heavy (non-hydrogen) atoms. The maximum Gasteiger partial charge on any atom is 0.268 e. The summed E-state index contributed by atoms with van der Waals surface area (Å²) in [6, 6.07) is 10.4. The molecular formula is C23H21N3O5. The number of amides is 4. The highest BCUT2D eigenvalue weighted by atomic mass is 16.5. The van der Waals surface area contributed by atoms with Crippen LogP contribution in [0.1, 0.15) is 34.6 Å². The first-order valence-corrected chi connectivity index (χ1v) is 9.84. The van der Waals surface area contributed by atoms with E-state index in [-0.39, 0.29) is 17.0 Å². The van der Waals surface area contributed by atoms with Crippen molar-refractivity contribution in [1.29, 1.82) is 0 Å². The quantitative estimate of drug-likeness (QED) is 0.594. The molecule has 1 N–H and O–H groups in total. The normalized spacial score (nSPS) is 18.3. The van der Waals surface area contributed by atoms with E-state index in [9.17, 15) is 19.2 Å². The van der Waals surface area contributed by atoms with E-state index in [0.29, 0.717) is 23.7 Å². The van der Waals surface area contributed by atoms with Gasteiger partial charge in [-0.15, -0.1) is 6.58 Å². The molecule has 2 heterocycles. The Morgan fingerprint density at radius 2 is 1.81 bits per heavy atom. The summed E-state index contributed by atoms with van der Waals surface area (Å²) in [5, 5.41) is 2.72. The SMILES string of the molecule is C=CCN1C(=O)C(C)Oc2cc(NC(=O)C(C)N3C(=O)c4ccccc4C3=O)ccc21. The van der Waals surface area contributed by atoms with Gasteiger partial charge in [0, 0.05) is 18.3 Å². The molecule has 2 aromatic carbocycles. The molecule has 0 aromatic heterocycles. The number of carbonyl (C=O) groups is 4. The van der Waals surface area contributed by atoms with Crippen LogP contribution in [-0.4, -0.2) is 47.2 Å². The number of nitrogens with zero attached hydrogens (tertiary/aromatic N) is 2. The third-order valence-electron chi connectivity index (χ3n) is 5.34. The number of carbonyl (C=O) groups excluding carboxylic acids is 4. The van der Waals surface area contributed by atoms with Crippen LogP contribution in [0.5, 0.6) is 5.75 Å². The molecule has 0 aliphatic carbocycles. The fourth-order valence-electron chi connectivity index (χ4n) is 3.73. The van der Waals surface area contributed by atoms with Crippen LogP contribution in [-0.2, 0) is 9.59 Å². The molecule has 2 aliphatic rings. The minimum Gasteiger partial charge on any atom is -0.479 e. The van der Waals surface area contributed by atoms with E-state index in [1.54, 1.807) is 60.4 Å². The van der Waals surface area contributed by atoms with Crippen LogP contribution < -0.4 is 15.0 Å². The fourth-order valence-corrected chi connectivity index (χ4v) is 3.73. The van der Waals surface area contributed by atoms with E-state index >= 15 is 0 Å². The van der Waals surface area contributed by atoms with Crippen LogP contribution in [0.2, 0.25) is 0 Å². The molecule has 4 amide bonds. The monoisotopic (exact) mass is 419 g/mol. The summed E-state index contributed by atoms with van der Waals surface area (Å²) in [5.41, 5.74) is 1.58. The van der Waals surface area contributed by atoms with Crippen molar-refractivity contribution in [2.45, 2.75) is 26.0 Å². The van der Waals surface area contributed by atoms with Crippen molar-refractivity contribution in [2.24, 2.45) is 0 Å². The molecule has 0 fully saturated rings. The second-order valence-corrected chi connectivity index (χ2v) is 7.37. The molecule has 0 spiro atoms. The third kappa shape index (κ3) is 3.35. The molecule has 0 radical (unpaired) electrons. The van der Waals surface area contributed by atoms with E-state index in [4.69, 9.17) is 4.74 Å². The van der Waals surface area contributed by atoms with Crippen LogP contribution >= 0.6 is 0 Å². The predicted octanol–water partition coefficient (Wildman–Crippen LogP) is 2.61. The molecule has 2 atom stereocenters. The lowest BCUT2D eigenvalue weighted by molar-refractivity contribution is -0.125. The average molecular weight is 419 g/mol. The summed E-state index contributed by atoms with van der Waals surface area (Å²) in [6.07, 6.45) is 0.954. The van der Waals surface area contributed by atoms with Crippen molar-refractivity contribution in [3.05, 3.63) is 66.2 Å². The van der Waals surface area contributed by atoms with Gasteiger partial charge in [-0.1, -0.05) is 18.2 Å². The Morgan fingerprint density at radius 3 is 2.42 bits per heavy atom. The first-order valence-electron chi connectivity index (χ1n) is 9.84. The van der Waals surface area contributed by atoms with Crippen molar-refractivity contribution in [3.8, 4) is 5.75 Å². The average Bonchev–Trinajstić information content (AvgIpc) is 3.01. The number of benzene rings is 2. The number of nitrogens with one attached hydrogen (secondary N) is 1. The second-order valence-electron chi connectivity index (χ2n) is 7.37. The van der Waals surface area contributed by atoms with E-state index in [1.165, 1.54) is 6.92 Å². The van der Waals surface area contributed by atoms with Crippen LogP contribution in [0.25, 0.3) is 0 Å². The lowest BCUT2D eigenvalue weighted by atomic mass is 10.1. The van der Waals surface area contributed by atoms with Gasteiger partial charge in [0.05, 0.1) is 16.8 Å². The lowest BCUT2D eigenvalue weighted by Crippen LogP contribution is -2.45. The largest absolute Gasteiger partial charge is 0.479 e. The van der Waals surface area contributed by atoms with Crippen molar-refractivity contribution < 1.29 is 23.9 Å². The van der Waals surface area contributed by atoms with E-state index < -0.39 is 29.9 Å². The Morgan fingerprint density at radius 1 is 1.16 bits per heavy atom. The summed E-state index contributed by atoms with van der Waals surface area (Å²) in [7, 11) is 0. The third-order valence-corrected chi connectivity index (χ3v) is 5.34. The standard InChI is InChI=1S/C23H21N3O5/c1-4-11-25-18-10-9-15(12-19(18)31-14(3)21(25)28)24-20(27)13(2)26-22(29)16-7-5-6-8-17(16)23(26)30/h4-10,12-14H,1,11H2,2-3H3,(H,24,27). The minimum atomic E-state index is -1.01. The Hall–Kier alpha value is -3.94. The number of hydrogen-bond donors (Lipinski definition) is 1. The minimum absolute atomic E-state index is 0.177. The maximum absolute atomic E-state index is 12.8. The van der Waals surface area contributed by atoms with Crippen LogP contribution in [0.3, 0.4) is 0 Å². The van der Waals surface area contributed by atoms with Crippen LogP contribution in [0.4, 0.5) is 11.4 Å². The summed E-state index contributed by atoms with van der Waals surface area (Å²) in [6.45, 7) is 7.16. The number of rotatable bonds is 5. The topological polar surface area (TPSA) is 96.0 Å². The number of anilines is 2. The zero-order valence-electron chi connectivity index (χ0n) is 17.1. The highest BCUT2D eigenvalue weighted by molar-refractivity contribution is 6.23. The Balaban J connectivity index is 1.54. The molecular weight excluding hydrogens is 398 g/mol. The van der Waals surface area contributed by atoms with Gasteiger partial charge < -0.3 is 15.0 Å². The van der Waals surface area contributed by atoms with Gasteiger partial charge in [0.2, 0.25) is 5.91 Å². The molecule has 2 aliphatic heterocycles. The summed E-state index contributed by atoms with van der Waals surface area (Å²) >= 11 is 0. The van der Waals surface area contributed by atoms with E-state index in [0.717, 1.165) is 4.90 Å². The van der Waals surface area contributed by atoms with E-state index in [2.05, 4.69) is 11.9 Å². The number of imide groups is 1. The summed E-state index contributed by atoms with van der Waals surface area (Å²) in [4.78, 5) is 52.9. The van der Waals surface area contributed by atoms with Gasteiger partial charge in [0.1, 0.15) is 11.8 Å². The Labute approximate surface area is 179 Å². The molecule has 0 saturated carbocycles. The van der Waals surface area contributed by atoms with Gasteiger partial charge in [-0.25, -0.2) is 0 Å². The molecule has 8 nitrogen and oxygen atoms in total. The molecule has 2 aromatic rings. The summed E-state index contributed by atoms with van der Waals surface area (Å²) < 4.78 is 5.68. The Bertz CT molecular complexity index is 1090. The molecule has 158 valence electrons. The first-order chi connectivity index (χ1) is 14.8. The Kier molecular flexibility index (Phi) is 5.06. The highest BCUT2D eigenvalue weighted by Gasteiger charge is 2.40. The van der Waals surface area contributed by atoms with Crippen molar-refractivity contribution in [3.63, 3.8) is 0 Å². The van der Waals surface area contributed by atoms with Crippen molar-refractivity contribution >= 4 is 35.0 Å². The molecule has 0 saturated heterocycles. The van der Waals surface area contributed by atoms with Crippen LogP contribution in [0, 0.1) is 0 Å². The van der Waals surface area contributed by atoms with Crippen molar-refractivity contribution in [2.75, 3.05) is 16.8 Å². The second kappa shape index (κ2) is 7.71. The predicted molar refractivity (Wildman–Crippen MR) is 114 cm³/mol. The maximum atomic E-state index is 12.8. The number of hydrogen-bond acceptors (Lipinski definition) is 5. The number of fused-ring (bicyclic) bond motifs is 2. The smallest absolute Gasteiger partial charge is 0.268 e. The van der Waals surface area contributed by atoms with Gasteiger partial charge in [-0.3, -0.25) is 24.1 Å². The fraction of sp³-hybridized carbons (Fsp3) is 0.217. The molecule has 4 rings (SSSR count). The van der Waals surface area contributed by atoms with Gasteiger partial charge in [0.15, 0.2) is 6.10 Å². The molecule has 2 unspecified atom stereocenters. The van der Waals surface area contributed by atoms with Gasteiger partial charge in [-0.05, 0) is 38.1 Å². The zero-order chi connectivity index (χ0) is 22.3. The lowest BCUT2D eigenvalue weighted by Gasteiger charge is -2.32. The zero-order valence-corrected chi connectivity index (χ0v) is 17.1. The summed E-state index contributed by atoms with van der Waals surface area (Å²) in [5.74, 6) is -1.24. The van der Waals surface area contributed by atoms with Gasteiger partial charge >= 0.3 is 0 Å². The van der Waals surface area contributed by atoms with Crippen molar-refractivity contribution in [1.82, 2.24) is 4.90 Å². The molecule has 8 heteroatoms. The molecule has 0 bridgehead atoms. The first kappa shape index (κ1) is 20.3.